The molecule has 1 aromatic heterocycles. The molecule has 2 rings (SSSR count). The summed E-state index contributed by atoms with van der Waals surface area (Å²) in [6.07, 6.45) is 4.22. The number of halogens is 1. The molecule has 0 atom stereocenters. The lowest BCUT2D eigenvalue weighted by Crippen LogP contribution is -2.31. The van der Waals surface area contributed by atoms with E-state index < -0.39 is 0 Å². The van der Waals surface area contributed by atoms with Crippen molar-refractivity contribution in [3.05, 3.63) is 24.1 Å². The Labute approximate surface area is 95.7 Å². The Morgan fingerprint density at radius 3 is 3.00 bits per heavy atom. The topological polar surface area (TPSA) is 28.2 Å². The lowest BCUT2D eigenvalue weighted by Gasteiger charge is -2.19. The molecule has 1 fully saturated rings. The van der Waals surface area contributed by atoms with Crippen molar-refractivity contribution in [2.75, 3.05) is 25.0 Å². The molecule has 0 bridgehead atoms. The van der Waals surface area contributed by atoms with Crippen LogP contribution in [0.25, 0.3) is 0 Å². The Morgan fingerprint density at radius 2 is 2.38 bits per heavy atom. The van der Waals surface area contributed by atoms with Gasteiger partial charge in [-0.1, -0.05) is 6.92 Å². The van der Waals surface area contributed by atoms with Gasteiger partial charge in [0, 0.05) is 25.3 Å². The molecule has 0 radical (unpaired) electrons. The summed E-state index contributed by atoms with van der Waals surface area (Å²) in [6, 6.07) is 3.79. The van der Waals surface area contributed by atoms with Crippen molar-refractivity contribution in [1.82, 2.24) is 9.88 Å². The molecule has 1 aliphatic carbocycles. The SMILES string of the molecule is CCN(CCNc1ncccc1F)C1CC1. The number of likely N-dealkylation sites (N-methyl/N-ethyl adjacent to an activating group) is 1. The maximum Gasteiger partial charge on any atom is 0.165 e. The van der Waals surface area contributed by atoms with E-state index in [1.165, 1.54) is 18.9 Å². The number of rotatable bonds is 6. The summed E-state index contributed by atoms with van der Waals surface area (Å²) in [5.74, 6) is 0.0753. The van der Waals surface area contributed by atoms with Crippen molar-refractivity contribution in [1.29, 1.82) is 0 Å². The molecular formula is C12H18FN3. The first kappa shape index (κ1) is 11.3. The summed E-state index contributed by atoms with van der Waals surface area (Å²) >= 11 is 0. The number of hydrogen-bond acceptors (Lipinski definition) is 3. The second kappa shape index (κ2) is 5.25. The summed E-state index contributed by atoms with van der Waals surface area (Å²) in [6.45, 7) is 4.94. The normalized spacial score (nSPS) is 15.4. The minimum atomic E-state index is -0.281. The molecule has 0 unspecified atom stereocenters. The number of anilines is 1. The van der Waals surface area contributed by atoms with E-state index in [2.05, 4.69) is 22.1 Å². The van der Waals surface area contributed by atoms with Gasteiger partial charge in [-0.05, 0) is 31.5 Å². The zero-order valence-corrected chi connectivity index (χ0v) is 9.62. The van der Waals surface area contributed by atoms with Crippen molar-refractivity contribution in [3.8, 4) is 0 Å². The monoisotopic (exact) mass is 223 g/mol. The average molecular weight is 223 g/mol. The quantitative estimate of drug-likeness (QED) is 0.800. The van der Waals surface area contributed by atoms with Gasteiger partial charge in [-0.15, -0.1) is 0 Å². The molecule has 0 amide bonds. The zero-order valence-electron chi connectivity index (χ0n) is 9.62. The van der Waals surface area contributed by atoms with Crippen LogP contribution in [0.1, 0.15) is 19.8 Å². The van der Waals surface area contributed by atoms with Gasteiger partial charge in [-0.25, -0.2) is 9.37 Å². The van der Waals surface area contributed by atoms with Crippen molar-refractivity contribution < 1.29 is 4.39 Å². The molecule has 16 heavy (non-hydrogen) atoms. The molecule has 0 saturated heterocycles. The number of hydrogen-bond donors (Lipinski definition) is 1. The average Bonchev–Trinajstić information content (AvgIpc) is 3.11. The van der Waals surface area contributed by atoms with Gasteiger partial charge in [-0.3, -0.25) is 4.90 Å². The van der Waals surface area contributed by atoms with Gasteiger partial charge >= 0.3 is 0 Å². The van der Waals surface area contributed by atoms with Crippen LogP contribution in [0.4, 0.5) is 10.2 Å². The van der Waals surface area contributed by atoms with Gasteiger partial charge in [0.1, 0.15) is 0 Å². The largest absolute Gasteiger partial charge is 0.366 e. The highest BCUT2D eigenvalue weighted by molar-refractivity contribution is 5.35. The molecule has 1 aliphatic rings. The molecule has 1 saturated carbocycles. The van der Waals surface area contributed by atoms with Crippen LogP contribution >= 0.6 is 0 Å². The van der Waals surface area contributed by atoms with Gasteiger partial charge in [0.2, 0.25) is 0 Å². The van der Waals surface area contributed by atoms with E-state index in [9.17, 15) is 4.39 Å². The smallest absolute Gasteiger partial charge is 0.165 e. The molecule has 4 heteroatoms. The molecule has 0 aliphatic heterocycles. The molecule has 88 valence electrons. The van der Waals surface area contributed by atoms with Gasteiger partial charge in [0.05, 0.1) is 0 Å². The fourth-order valence-electron chi connectivity index (χ4n) is 1.87. The number of nitrogens with one attached hydrogen (secondary N) is 1. The third-order valence-corrected chi connectivity index (χ3v) is 2.92. The van der Waals surface area contributed by atoms with Gasteiger partial charge in [0.25, 0.3) is 0 Å². The first-order valence-electron chi connectivity index (χ1n) is 5.89. The maximum atomic E-state index is 13.2. The van der Waals surface area contributed by atoms with Crippen molar-refractivity contribution >= 4 is 5.82 Å². The Morgan fingerprint density at radius 1 is 1.56 bits per heavy atom. The van der Waals surface area contributed by atoms with E-state index in [1.54, 1.807) is 12.3 Å². The van der Waals surface area contributed by atoms with Gasteiger partial charge in [0.15, 0.2) is 11.6 Å². The highest BCUT2D eigenvalue weighted by Gasteiger charge is 2.27. The predicted molar refractivity (Wildman–Crippen MR) is 63.0 cm³/mol. The number of nitrogens with zero attached hydrogens (tertiary/aromatic N) is 2. The first-order chi connectivity index (χ1) is 7.81. The highest BCUT2D eigenvalue weighted by atomic mass is 19.1. The third-order valence-electron chi connectivity index (χ3n) is 2.92. The number of aromatic nitrogens is 1. The second-order valence-electron chi connectivity index (χ2n) is 4.12. The zero-order chi connectivity index (χ0) is 11.4. The van der Waals surface area contributed by atoms with Crippen LogP contribution in [-0.4, -0.2) is 35.6 Å². The van der Waals surface area contributed by atoms with Crippen LogP contribution in [0.3, 0.4) is 0 Å². The Bertz CT molecular complexity index is 339. The molecule has 1 heterocycles. The predicted octanol–water partition coefficient (Wildman–Crippen LogP) is 2.12. The van der Waals surface area contributed by atoms with Crippen LogP contribution in [0, 0.1) is 5.82 Å². The van der Waals surface area contributed by atoms with Crippen LogP contribution in [0.15, 0.2) is 18.3 Å². The second-order valence-corrected chi connectivity index (χ2v) is 4.12. The van der Waals surface area contributed by atoms with E-state index in [0.29, 0.717) is 5.82 Å². The van der Waals surface area contributed by atoms with Gasteiger partial charge < -0.3 is 5.32 Å². The van der Waals surface area contributed by atoms with E-state index >= 15 is 0 Å². The Kier molecular flexibility index (Phi) is 3.72. The summed E-state index contributed by atoms with van der Waals surface area (Å²) in [4.78, 5) is 6.38. The first-order valence-corrected chi connectivity index (χ1v) is 5.89. The van der Waals surface area contributed by atoms with Crippen LogP contribution in [0.2, 0.25) is 0 Å². The maximum absolute atomic E-state index is 13.2. The molecular weight excluding hydrogens is 205 g/mol. The molecule has 1 N–H and O–H groups in total. The molecule has 0 aromatic carbocycles. The van der Waals surface area contributed by atoms with E-state index in [4.69, 9.17) is 0 Å². The van der Waals surface area contributed by atoms with Crippen molar-refractivity contribution in [3.63, 3.8) is 0 Å². The van der Waals surface area contributed by atoms with E-state index in [-0.39, 0.29) is 5.82 Å². The van der Waals surface area contributed by atoms with Crippen molar-refractivity contribution in [2.24, 2.45) is 0 Å². The summed E-state index contributed by atoms with van der Waals surface area (Å²) in [7, 11) is 0. The van der Waals surface area contributed by atoms with Crippen molar-refractivity contribution in [2.45, 2.75) is 25.8 Å². The van der Waals surface area contributed by atoms with E-state index in [1.807, 2.05) is 0 Å². The third kappa shape index (κ3) is 2.92. The molecule has 1 aromatic rings. The lowest BCUT2D eigenvalue weighted by molar-refractivity contribution is 0.289. The van der Waals surface area contributed by atoms with E-state index in [0.717, 1.165) is 25.7 Å². The van der Waals surface area contributed by atoms with Crippen LogP contribution < -0.4 is 5.32 Å². The van der Waals surface area contributed by atoms with Crippen LogP contribution in [-0.2, 0) is 0 Å². The standard InChI is InChI=1S/C12H18FN3/c1-2-16(10-5-6-10)9-8-15-12-11(13)4-3-7-14-12/h3-4,7,10H,2,5-6,8-9H2,1H3,(H,14,15). The minimum Gasteiger partial charge on any atom is -0.366 e. The van der Waals surface area contributed by atoms with Gasteiger partial charge in [-0.2, -0.15) is 0 Å². The number of pyridine rings is 1. The lowest BCUT2D eigenvalue weighted by atomic mass is 10.4. The summed E-state index contributed by atoms with van der Waals surface area (Å²) < 4.78 is 13.2. The Balaban J connectivity index is 1.77. The molecule has 3 nitrogen and oxygen atoms in total. The fraction of sp³-hybridized carbons (Fsp3) is 0.583. The summed E-state index contributed by atoms with van der Waals surface area (Å²) in [5, 5.41) is 3.03. The minimum absolute atomic E-state index is 0.281. The summed E-state index contributed by atoms with van der Waals surface area (Å²) in [5.41, 5.74) is 0. The Hall–Kier alpha value is -1.16. The van der Waals surface area contributed by atoms with Crippen LogP contribution in [0.5, 0.6) is 0 Å². The highest BCUT2D eigenvalue weighted by Crippen LogP contribution is 2.25. The fourth-order valence-corrected chi connectivity index (χ4v) is 1.87. The molecule has 0 spiro atoms.